The molecule has 1 saturated heterocycles. The fourth-order valence-electron chi connectivity index (χ4n) is 2.15. The van der Waals surface area contributed by atoms with Gasteiger partial charge in [-0.25, -0.2) is 0 Å². The molecule has 1 fully saturated rings. The van der Waals surface area contributed by atoms with Crippen LogP contribution in [0.25, 0.3) is 0 Å². The summed E-state index contributed by atoms with van der Waals surface area (Å²) in [4.78, 5) is 6.57. The van der Waals surface area contributed by atoms with Crippen molar-refractivity contribution in [1.29, 1.82) is 0 Å². The maximum Gasteiger partial charge on any atom is 0.247 e. The minimum absolute atomic E-state index is 0.541. The fourth-order valence-corrected chi connectivity index (χ4v) is 2.64. The molecule has 2 heterocycles. The molecule has 1 aromatic carbocycles. The van der Waals surface area contributed by atoms with Gasteiger partial charge in [0.15, 0.2) is 5.82 Å². The van der Waals surface area contributed by atoms with E-state index >= 15 is 0 Å². The lowest BCUT2D eigenvalue weighted by Gasteiger charge is -2.15. The van der Waals surface area contributed by atoms with Crippen LogP contribution in [-0.2, 0) is 0 Å². The van der Waals surface area contributed by atoms with Gasteiger partial charge < -0.3 is 10.2 Å². The van der Waals surface area contributed by atoms with Gasteiger partial charge in [-0.2, -0.15) is 10.1 Å². The van der Waals surface area contributed by atoms with Crippen molar-refractivity contribution in [3.8, 4) is 0 Å². The third kappa shape index (κ3) is 2.78. The number of hydrogen-bond acceptors (Lipinski definition) is 5. The number of para-hydroxylation sites is 1. The highest BCUT2D eigenvalue weighted by Crippen LogP contribution is 2.32. The quantitative estimate of drug-likeness (QED) is 0.940. The minimum atomic E-state index is 0.541. The molecule has 0 spiro atoms. The first-order valence-corrected chi connectivity index (χ1v) is 7.15. The predicted octanol–water partition coefficient (Wildman–Crippen LogP) is 3.52. The normalized spacial score (nSPS) is 14.6. The third-order valence-electron chi connectivity index (χ3n) is 3.15. The number of hydrogen-bond donors (Lipinski definition) is 1. The van der Waals surface area contributed by atoms with Crippen molar-refractivity contribution in [2.45, 2.75) is 12.8 Å². The average molecular weight is 310 g/mol. The lowest BCUT2D eigenvalue weighted by Crippen LogP contribution is -2.21. The van der Waals surface area contributed by atoms with Gasteiger partial charge in [-0.1, -0.05) is 29.3 Å². The van der Waals surface area contributed by atoms with Crippen molar-refractivity contribution < 1.29 is 0 Å². The summed E-state index contributed by atoms with van der Waals surface area (Å²) in [5.74, 6) is 1.22. The largest absolute Gasteiger partial charge is 0.339 e. The number of anilines is 3. The van der Waals surface area contributed by atoms with E-state index in [9.17, 15) is 0 Å². The number of rotatable bonds is 3. The Morgan fingerprint density at radius 3 is 2.50 bits per heavy atom. The summed E-state index contributed by atoms with van der Waals surface area (Å²) in [5, 5.41) is 12.2. The molecule has 7 heteroatoms. The molecule has 2 aromatic rings. The smallest absolute Gasteiger partial charge is 0.247 e. The van der Waals surface area contributed by atoms with Gasteiger partial charge in [0.2, 0.25) is 5.95 Å². The molecule has 104 valence electrons. The zero-order chi connectivity index (χ0) is 13.9. The molecule has 0 radical (unpaired) electrons. The molecule has 0 atom stereocenters. The highest BCUT2D eigenvalue weighted by molar-refractivity contribution is 6.39. The Kier molecular flexibility index (Phi) is 3.89. The van der Waals surface area contributed by atoms with Crippen LogP contribution in [0.5, 0.6) is 0 Å². The van der Waals surface area contributed by atoms with Crippen molar-refractivity contribution in [1.82, 2.24) is 15.2 Å². The zero-order valence-electron chi connectivity index (χ0n) is 10.7. The van der Waals surface area contributed by atoms with E-state index in [0.29, 0.717) is 27.5 Å². The molecular weight excluding hydrogens is 297 g/mol. The molecule has 0 bridgehead atoms. The molecule has 1 aliphatic rings. The molecule has 1 aliphatic heterocycles. The standard InChI is InChI=1S/C13H13Cl2N5/c14-9-4-3-5-10(15)12(9)17-11-8-16-19-13(18-11)20-6-1-2-7-20/h3-5,8H,1-2,6-7H2,(H,17,18,19). The molecule has 0 amide bonds. The Labute approximate surface area is 126 Å². The van der Waals surface area contributed by atoms with E-state index in [2.05, 4.69) is 25.4 Å². The Morgan fingerprint density at radius 1 is 1.10 bits per heavy atom. The monoisotopic (exact) mass is 309 g/mol. The highest BCUT2D eigenvalue weighted by atomic mass is 35.5. The zero-order valence-corrected chi connectivity index (χ0v) is 12.2. The van der Waals surface area contributed by atoms with Crippen molar-refractivity contribution in [3.63, 3.8) is 0 Å². The predicted molar refractivity (Wildman–Crippen MR) is 81.0 cm³/mol. The van der Waals surface area contributed by atoms with Crippen LogP contribution in [0, 0.1) is 0 Å². The van der Waals surface area contributed by atoms with Crippen LogP contribution >= 0.6 is 23.2 Å². The highest BCUT2D eigenvalue weighted by Gasteiger charge is 2.16. The van der Waals surface area contributed by atoms with Crippen LogP contribution in [0.4, 0.5) is 17.5 Å². The maximum atomic E-state index is 6.13. The van der Waals surface area contributed by atoms with Gasteiger partial charge in [-0.05, 0) is 25.0 Å². The van der Waals surface area contributed by atoms with Gasteiger partial charge in [0.1, 0.15) is 0 Å². The number of benzene rings is 1. The van der Waals surface area contributed by atoms with Crippen molar-refractivity contribution >= 4 is 40.7 Å². The first-order chi connectivity index (χ1) is 9.74. The van der Waals surface area contributed by atoms with Crippen molar-refractivity contribution in [2.24, 2.45) is 0 Å². The molecule has 1 N–H and O–H groups in total. The summed E-state index contributed by atoms with van der Waals surface area (Å²) < 4.78 is 0. The van der Waals surface area contributed by atoms with Gasteiger partial charge in [-0.3, -0.25) is 0 Å². The molecular formula is C13H13Cl2N5. The van der Waals surface area contributed by atoms with Crippen LogP contribution in [0.1, 0.15) is 12.8 Å². The summed E-state index contributed by atoms with van der Waals surface area (Å²) in [7, 11) is 0. The molecule has 20 heavy (non-hydrogen) atoms. The van der Waals surface area contributed by atoms with Gasteiger partial charge in [0.25, 0.3) is 0 Å². The Morgan fingerprint density at radius 2 is 1.80 bits per heavy atom. The molecule has 1 aromatic heterocycles. The summed E-state index contributed by atoms with van der Waals surface area (Å²) in [5.41, 5.74) is 0.628. The summed E-state index contributed by atoms with van der Waals surface area (Å²) in [6, 6.07) is 5.33. The number of nitrogens with one attached hydrogen (secondary N) is 1. The van der Waals surface area contributed by atoms with E-state index in [4.69, 9.17) is 23.2 Å². The minimum Gasteiger partial charge on any atom is -0.339 e. The van der Waals surface area contributed by atoms with E-state index < -0.39 is 0 Å². The lowest BCUT2D eigenvalue weighted by atomic mass is 10.3. The van der Waals surface area contributed by atoms with Gasteiger partial charge in [-0.15, -0.1) is 5.10 Å². The molecule has 0 saturated carbocycles. The fraction of sp³-hybridized carbons (Fsp3) is 0.308. The molecule has 3 rings (SSSR count). The summed E-state index contributed by atoms with van der Waals surface area (Å²) in [6.45, 7) is 1.94. The Hall–Kier alpha value is -1.59. The van der Waals surface area contributed by atoms with E-state index in [0.717, 1.165) is 25.9 Å². The Bertz CT molecular complexity index is 593. The first kappa shape index (κ1) is 13.4. The van der Waals surface area contributed by atoms with Crippen molar-refractivity contribution in [3.05, 3.63) is 34.4 Å². The maximum absolute atomic E-state index is 6.13. The van der Waals surface area contributed by atoms with E-state index in [1.165, 1.54) is 0 Å². The second-order valence-corrected chi connectivity index (χ2v) is 5.37. The Balaban J connectivity index is 1.85. The summed E-state index contributed by atoms with van der Waals surface area (Å²) in [6.07, 6.45) is 3.88. The van der Waals surface area contributed by atoms with Gasteiger partial charge in [0, 0.05) is 13.1 Å². The van der Waals surface area contributed by atoms with Crippen molar-refractivity contribution in [2.75, 3.05) is 23.3 Å². The van der Waals surface area contributed by atoms with E-state index in [1.54, 1.807) is 24.4 Å². The van der Waals surface area contributed by atoms with E-state index in [-0.39, 0.29) is 0 Å². The molecule has 5 nitrogen and oxygen atoms in total. The van der Waals surface area contributed by atoms with Crippen LogP contribution in [-0.4, -0.2) is 28.3 Å². The first-order valence-electron chi connectivity index (χ1n) is 6.40. The topological polar surface area (TPSA) is 53.9 Å². The third-order valence-corrected chi connectivity index (χ3v) is 3.78. The molecule has 0 unspecified atom stereocenters. The average Bonchev–Trinajstić information content (AvgIpc) is 2.98. The number of nitrogens with zero attached hydrogens (tertiary/aromatic N) is 4. The van der Waals surface area contributed by atoms with Crippen LogP contribution in [0.3, 0.4) is 0 Å². The second kappa shape index (κ2) is 5.81. The molecule has 0 aliphatic carbocycles. The van der Waals surface area contributed by atoms with Crippen LogP contribution < -0.4 is 10.2 Å². The van der Waals surface area contributed by atoms with Crippen LogP contribution in [0.2, 0.25) is 10.0 Å². The van der Waals surface area contributed by atoms with Crippen LogP contribution in [0.15, 0.2) is 24.4 Å². The summed E-state index contributed by atoms with van der Waals surface area (Å²) >= 11 is 12.3. The van der Waals surface area contributed by atoms with E-state index in [1.807, 2.05) is 0 Å². The lowest BCUT2D eigenvalue weighted by molar-refractivity contribution is 0.852. The number of aromatic nitrogens is 3. The SMILES string of the molecule is Clc1cccc(Cl)c1Nc1cnnc(N2CCCC2)n1. The van der Waals surface area contributed by atoms with Gasteiger partial charge in [0.05, 0.1) is 21.9 Å². The van der Waals surface area contributed by atoms with Gasteiger partial charge >= 0.3 is 0 Å². The number of halogens is 2. The second-order valence-electron chi connectivity index (χ2n) is 4.56.